The number of benzene rings is 4. The molecule has 5 aromatic rings. The lowest BCUT2D eigenvalue weighted by atomic mass is 9.82. The number of hydrogen-bond acceptors (Lipinski definition) is 7. The minimum absolute atomic E-state index is 0.0655. The highest BCUT2D eigenvalue weighted by Crippen LogP contribution is 2.54. The fraction of sp³-hybridized carbons (Fsp3) is 0.298. The van der Waals surface area contributed by atoms with Gasteiger partial charge in [-0.2, -0.15) is 0 Å². The first-order chi connectivity index (χ1) is 28.7. The molecule has 2 atom stereocenters. The van der Waals surface area contributed by atoms with Gasteiger partial charge in [-0.15, -0.1) is 0 Å². The Morgan fingerprint density at radius 2 is 1.63 bits per heavy atom. The number of piperidine rings is 1. The van der Waals surface area contributed by atoms with Gasteiger partial charge in [0, 0.05) is 56.9 Å². The van der Waals surface area contributed by atoms with E-state index in [0.717, 1.165) is 51.0 Å². The molecule has 10 nitrogen and oxygen atoms in total. The number of carbonyl (C=O) groups excluding carboxylic acids is 3. The highest BCUT2D eigenvalue weighted by Gasteiger charge is 2.40. The SMILES string of the molecule is COC(=O)c1ccc(N2CCC(NC(=O)OC(C)(C)C)CC2)c(NC(=O)c2[nH]c3cc(Cl)cc4c3c2C2=C(c3ccccc3)C(C)CC=CN2C4c2ccc(Cl)cc2Cl)c1. The molecule has 13 heteroatoms. The number of ether oxygens (including phenoxy) is 2. The van der Waals surface area contributed by atoms with Gasteiger partial charge in [-0.25, -0.2) is 9.59 Å². The van der Waals surface area contributed by atoms with Crippen LogP contribution in [0.4, 0.5) is 16.2 Å². The molecule has 3 N–H and O–H groups in total. The third-order valence-electron chi connectivity index (χ3n) is 11.3. The number of anilines is 2. The summed E-state index contributed by atoms with van der Waals surface area (Å²) in [5.74, 6) is -0.871. The van der Waals surface area contributed by atoms with Gasteiger partial charge < -0.3 is 34.9 Å². The summed E-state index contributed by atoms with van der Waals surface area (Å²) >= 11 is 20.4. The van der Waals surface area contributed by atoms with E-state index in [1.54, 1.807) is 18.2 Å². The molecule has 0 spiro atoms. The van der Waals surface area contributed by atoms with Crippen LogP contribution in [-0.4, -0.2) is 59.7 Å². The number of esters is 1. The average molecular weight is 867 g/mol. The largest absolute Gasteiger partial charge is 0.465 e. The summed E-state index contributed by atoms with van der Waals surface area (Å²) in [6, 6.07) is 24.2. The number of aromatic nitrogens is 1. The van der Waals surface area contributed by atoms with E-state index in [1.165, 1.54) is 7.11 Å². The molecule has 3 aliphatic rings. The number of nitrogens with zero attached hydrogens (tertiary/aromatic N) is 2. The van der Waals surface area contributed by atoms with Crippen LogP contribution < -0.4 is 15.5 Å². The maximum absolute atomic E-state index is 15.1. The number of methoxy groups -OCH3 is 1. The molecule has 0 saturated carbocycles. The molecular weight excluding hydrogens is 821 g/mol. The van der Waals surface area contributed by atoms with Gasteiger partial charge >= 0.3 is 12.1 Å². The molecule has 2 unspecified atom stereocenters. The van der Waals surface area contributed by atoms with Crippen LogP contribution in [0.25, 0.3) is 22.2 Å². The molecule has 60 heavy (non-hydrogen) atoms. The maximum atomic E-state index is 15.1. The van der Waals surface area contributed by atoms with Gasteiger partial charge in [0.2, 0.25) is 0 Å². The monoisotopic (exact) mass is 865 g/mol. The van der Waals surface area contributed by atoms with Gasteiger partial charge in [0.05, 0.1) is 35.8 Å². The number of fused-ring (bicyclic) bond motifs is 2. The van der Waals surface area contributed by atoms with Gasteiger partial charge in [-0.3, -0.25) is 4.79 Å². The first kappa shape index (κ1) is 41.3. The Hall–Kier alpha value is -5.42. The standard InChI is InChI=1S/C47H46Cl3N5O5/c1-26-10-9-19-55-42(32-15-14-29(48)24-34(32)50)33-23-30(49)25-36-39(33)40(43(55)38(26)27-11-7-6-8-12-27)41(52-36)44(56)53-35-22-28(45(57)59-5)13-16-37(35)54-20-17-31(18-21-54)51-46(58)60-47(2,3)4/h6-9,11-16,19,22-26,31,42,52H,10,17-18,20-21H2,1-5H3,(H,51,58)(H,53,56). The van der Waals surface area contributed by atoms with Crippen LogP contribution in [0.15, 0.2) is 91.1 Å². The van der Waals surface area contributed by atoms with Crippen LogP contribution >= 0.6 is 34.8 Å². The van der Waals surface area contributed by atoms with E-state index in [-0.39, 0.29) is 17.5 Å². The second-order valence-electron chi connectivity index (χ2n) is 16.5. The van der Waals surface area contributed by atoms with E-state index in [0.29, 0.717) is 57.9 Å². The molecule has 8 rings (SSSR count). The molecule has 0 bridgehead atoms. The Kier molecular flexibility index (Phi) is 11.4. The number of carbonyl (C=O) groups is 3. The molecule has 1 fully saturated rings. The normalized spacial score (nSPS) is 17.9. The molecule has 0 aliphatic carbocycles. The minimum Gasteiger partial charge on any atom is -0.465 e. The molecule has 1 saturated heterocycles. The fourth-order valence-electron chi connectivity index (χ4n) is 8.68. The molecular formula is C47H46Cl3N5O5. The van der Waals surface area contributed by atoms with Gasteiger partial charge in [-0.1, -0.05) is 84.2 Å². The van der Waals surface area contributed by atoms with E-state index in [2.05, 4.69) is 56.7 Å². The van der Waals surface area contributed by atoms with E-state index in [9.17, 15) is 9.59 Å². The highest BCUT2D eigenvalue weighted by atomic mass is 35.5. The summed E-state index contributed by atoms with van der Waals surface area (Å²) in [6.45, 7) is 8.87. The Morgan fingerprint density at radius 1 is 0.883 bits per heavy atom. The molecule has 2 amide bonds. The lowest BCUT2D eigenvalue weighted by Gasteiger charge is -2.39. The summed E-state index contributed by atoms with van der Waals surface area (Å²) in [5.41, 5.74) is 7.29. The van der Waals surface area contributed by atoms with Crippen molar-refractivity contribution in [2.24, 2.45) is 5.92 Å². The summed E-state index contributed by atoms with van der Waals surface area (Å²) < 4.78 is 10.6. The number of halogens is 3. The summed E-state index contributed by atoms with van der Waals surface area (Å²) in [5, 5.41) is 8.57. The number of nitrogens with one attached hydrogen (secondary N) is 3. The van der Waals surface area contributed by atoms with Crippen molar-refractivity contribution in [2.45, 2.75) is 64.6 Å². The first-order valence-electron chi connectivity index (χ1n) is 20.0. The van der Waals surface area contributed by atoms with Crippen LogP contribution in [0.2, 0.25) is 15.1 Å². The predicted molar refractivity (Wildman–Crippen MR) is 240 cm³/mol. The Labute approximate surface area is 364 Å². The molecule has 0 radical (unpaired) electrons. The van der Waals surface area contributed by atoms with Crippen LogP contribution in [0.5, 0.6) is 0 Å². The van der Waals surface area contributed by atoms with Crippen LogP contribution in [0, 0.1) is 5.92 Å². The zero-order valence-corrected chi connectivity index (χ0v) is 36.3. The van der Waals surface area contributed by atoms with Crippen molar-refractivity contribution >= 4 is 86.3 Å². The zero-order valence-electron chi connectivity index (χ0n) is 34.0. The van der Waals surface area contributed by atoms with E-state index in [1.807, 2.05) is 69.3 Å². The van der Waals surface area contributed by atoms with Crippen LogP contribution in [0.3, 0.4) is 0 Å². The van der Waals surface area contributed by atoms with Crippen molar-refractivity contribution in [1.29, 1.82) is 0 Å². The lowest BCUT2D eigenvalue weighted by Crippen LogP contribution is -2.46. The van der Waals surface area contributed by atoms with Gasteiger partial charge in [0.15, 0.2) is 0 Å². The van der Waals surface area contributed by atoms with Crippen LogP contribution in [-0.2, 0) is 9.47 Å². The quantitative estimate of drug-likeness (QED) is 0.140. The number of aromatic amines is 1. The number of H-pyrrole nitrogens is 1. The number of allylic oxidation sites excluding steroid dienone is 2. The maximum Gasteiger partial charge on any atom is 0.407 e. The van der Waals surface area contributed by atoms with Crippen molar-refractivity contribution in [3.8, 4) is 0 Å². The highest BCUT2D eigenvalue weighted by molar-refractivity contribution is 6.35. The second kappa shape index (κ2) is 16.6. The average Bonchev–Trinajstić information content (AvgIpc) is 3.49. The molecule has 3 aliphatic heterocycles. The van der Waals surface area contributed by atoms with Gasteiger partial charge in [-0.05, 0) is 111 Å². The summed E-state index contributed by atoms with van der Waals surface area (Å²) in [4.78, 5) is 48.4. The third-order valence-corrected chi connectivity index (χ3v) is 12.0. The van der Waals surface area contributed by atoms with Crippen molar-refractivity contribution < 1.29 is 23.9 Å². The molecule has 310 valence electrons. The number of rotatable bonds is 7. The first-order valence-corrected chi connectivity index (χ1v) is 21.2. The van der Waals surface area contributed by atoms with Crippen molar-refractivity contribution in [3.63, 3.8) is 0 Å². The fourth-order valence-corrected chi connectivity index (χ4v) is 9.42. The van der Waals surface area contributed by atoms with Gasteiger partial charge in [0.1, 0.15) is 11.3 Å². The number of alkyl carbamates (subject to hydrolysis) is 1. The lowest BCUT2D eigenvalue weighted by molar-refractivity contribution is 0.0496. The Bertz CT molecular complexity index is 2570. The number of amides is 2. The second-order valence-corrected chi connectivity index (χ2v) is 17.8. The zero-order chi connectivity index (χ0) is 42.5. The Balaban J connectivity index is 1.26. The van der Waals surface area contributed by atoms with Gasteiger partial charge in [0.25, 0.3) is 5.91 Å². The van der Waals surface area contributed by atoms with Crippen molar-refractivity contribution in [2.75, 3.05) is 30.4 Å². The predicted octanol–water partition coefficient (Wildman–Crippen LogP) is 11.5. The van der Waals surface area contributed by atoms with Crippen molar-refractivity contribution in [1.82, 2.24) is 15.2 Å². The van der Waals surface area contributed by atoms with E-state index < -0.39 is 29.6 Å². The topological polar surface area (TPSA) is 116 Å². The molecule has 4 aromatic carbocycles. The molecule has 4 heterocycles. The smallest absolute Gasteiger partial charge is 0.407 e. The van der Waals surface area contributed by atoms with E-state index in [4.69, 9.17) is 44.3 Å². The summed E-state index contributed by atoms with van der Waals surface area (Å²) in [7, 11) is 1.32. The third kappa shape index (κ3) is 8.08. The van der Waals surface area contributed by atoms with E-state index >= 15 is 4.79 Å². The summed E-state index contributed by atoms with van der Waals surface area (Å²) in [6.07, 6.45) is 5.85. The Morgan fingerprint density at radius 3 is 2.33 bits per heavy atom. The number of hydrogen-bond donors (Lipinski definition) is 3. The van der Waals surface area contributed by atoms with Crippen molar-refractivity contribution in [3.05, 3.63) is 140 Å². The van der Waals surface area contributed by atoms with Crippen LogP contribution in [0.1, 0.15) is 96.1 Å². The molecule has 1 aromatic heterocycles. The minimum atomic E-state index is -0.605.